The molecule has 1 atom stereocenters. The number of carbonyl (C=O) groups is 1. The van der Waals surface area contributed by atoms with Crippen LogP contribution in [0.3, 0.4) is 0 Å². The number of nitrogens with two attached hydrogens (primary N) is 1. The predicted molar refractivity (Wildman–Crippen MR) is 57.4 cm³/mol. The maximum atomic E-state index is 10.7. The van der Waals surface area contributed by atoms with Crippen molar-refractivity contribution in [3.63, 3.8) is 0 Å². The van der Waals surface area contributed by atoms with Crippen LogP contribution in [0.2, 0.25) is 0 Å². The van der Waals surface area contributed by atoms with Crippen LogP contribution in [-0.2, 0) is 14.3 Å². The summed E-state index contributed by atoms with van der Waals surface area (Å²) in [4.78, 5) is 10.7. The lowest BCUT2D eigenvalue weighted by Gasteiger charge is -2.00. The molecule has 1 rings (SSSR count). The Kier molecular flexibility index (Phi) is 5.36. The number of primary amides is 1. The Morgan fingerprint density at radius 2 is 2.33 bits per heavy atom. The molecular formula is C11H19NO3. The quantitative estimate of drug-likeness (QED) is 0.371. The Balaban J connectivity index is 1.87. The van der Waals surface area contributed by atoms with E-state index in [9.17, 15) is 4.79 Å². The largest absolute Gasteiger partial charge is 0.379 e. The lowest BCUT2D eigenvalue weighted by Crippen LogP contribution is -2.11. The predicted octanol–water partition coefficient (Wildman–Crippen LogP) is 1.00. The summed E-state index contributed by atoms with van der Waals surface area (Å²) in [5, 5.41) is 0. The number of carbonyl (C=O) groups excluding carboxylic acids is 1. The summed E-state index contributed by atoms with van der Waals surface area (Å²) in [6.45, 7) is 4.07. The van der Waals surface area contributed by atoms with Crippen LogP contribution in [0.1, 0.15) is 26.2 Å². The van der Waals surface area contributed by atoms with E-state index in [1.54, 1.807) is 6.92 Å². The molecule has 2 N–H and O–H groups in total. The first-order valence-corrected chi connectivity index (χ1v) is 5.36. The fraction of sp³-hybridized carbons (Fsp3) is 0.727. The van der Waals surface area contributed by atoms with Crippen molar-refractivity contribution in [1.29, 1.82) is 0 Å². The average molecular weight is 213 g/mol. The molecule has 0 aliphatic carbocycles. The molecule has 0 spiro atoms. The van der Waals surface area contributed by atoms with Gasteiger partial charge in [-0.2, -0.15) is 0 Å². The van der Waals surface area contributed by atoms with Gasteiger partial charge < -0.3 is 15.2 Å². The number of rotatable bonds is 8. The van der Waals surface area contributed by atoms with Crippen molar-refractivity contribution in [1.82, 2.24) is 0 Å². The molecule has 1 heterocycles. The van der Waals surface area contributed by atoms with Gasteiger partial charge in [0.15, 0.2) is 0 Å². The first-order valence-electron chi connectivity index (χ1n) is 5.36. The third-order valence-corrected chi connectivity index (χ3v) is 2.29. The highest BCUT2D eigenvalue weighted by Crippen LogP contribution is 2.09. The van der Waals surface area contributed by atoms with Gasteiger partial charge in [0, 0.05) is 12.2 Å². The molecule has 1 unspecified atom stereocenters. The summed E-state index contributed by atoms with van der Waals surface area (Å²) in [7, 11) is 0. The lowest BCUT2D eigenvalue weighted by molar-refractivity contribution is -0.114. The van der Waals surface area contributed by atoms with E-state index in [2.05, 4.69) is 0 Å². The monoisotopic (exact) mass is 213 g/mol. The summed E-state index contributed by atoms with van der Waals surface area (Å²) in [5.41, 5.74) is 5.73. The third-order valence-electron chi connectivity index (χ3n) is 2.29. The summed E-state index contributed by atoms with van der Waals surface area (Å²) >= 11 is 0. The topological polar surface area (TPSA) is 64.8 Å². The van der Waals surface area contributed by atoms with E-state index in [0.29, 0.717) is 11.7 Å². The molecule has 0 radical (unpaired) electrons. The van der Waals surface area contributed by atoms with Crippen LogP contribution in [0.5, 0.6) is 0 Å². The van der Waals surface area contributed by atoms with Crippen molar-refractivity contribution in [3.8, 4) is 0 Å². The Bertz CT molecular complexity index is 234. The highest BCUT2D eigenvalue weighted by atomic mass is 16.6. The molecule has 0 aromatic rings. The maximum Gasteiger partial charge on any atom is 0.244 e. The molecule has 1 aliphatic rings. The van der Waals surface area contributed by atoms with Crippen molar-refractivity contribution in [2.45, 2.75) is 32.3 Å². The number of allylic oxidation sites excluding steroid dienone is 1. The van der Waals surface area contributed by atoms with Crippen LogP contribution in [0.4, 0.5) is 0 Å². The number of epoxide rings is 1. The average Bonchev–Trinajstić information content (AvgIpc) is 2.99. The van der Waals surface area contributed by atoms with Crippen molar-refractivity contribution >= 4 is 5.91 Å². The highest BCUT2D eigenvalue weighted by molar-refractivity contribution is 5.91. The van der Waals surface area contributed by atoms with E-state index in [1.165, 1.54) is 0 Å². The molecule has 4 heteroatoms. The van der Waals surface area contributed by atoms with Gasteiger partial charge in [-0.15, -0.1) is 0 Å². The Labute approximate surface area is 90.4 Å². The summed E-state index contributed by atoms with van der Waals surface area (Å²) < 4.78 is 10.4. The Hall–Kier alpha value is -0.870. The molecular weight excluding hydrogens is 194 g/mol. The first-order chi connectivity index (χ1) is 7.20. The molecule has 1 amide bonds. The van der Waals surface area contributed by atoms with Crippen LogP contribution >= 0.6 is 0 Å². The minimum absolute atomic E-state index is 0.336. The fourth-order valence-corrected chi connectivity index (χ4v) is 1.15. The Morgan fingerprint density at radius 3 is 2.93 bits per heavy atom. The Morgan fingerprint density at radius 1 is 1.60 bits per heavy atom. The van der Waals surface area contributed by atoms with E-state index in [-0.39, 0.29) is 5.91 Å². The smallest absolute Gasteiger partial charge is 0.244 e. The minimum Gasteiger partial charge on any atom is -0.379 e. The summed E-state index contributed by atoms with van der Waals surface area (Å²) in [6, 6.07) is 0. The molecule has 15 heavy (non-hydrogen) atoms. The van der Waals surface area contributed by atoms with Crippen LogP contribution in [0, 0.1) is 0 Å². The molecule has 0 bridgehead atoms. The van der Waals surface area contributed by atoms with E-state index in [0.717, 1.165) is 39.1 Å². The van der Waals surface area contributed by atoms with Gasteiger partial charge >= 0.3 is 0 Å². The summed E-state index contributed by atoms with van der Waals surface area (Å²) in [5.74, 6) is -0.336. The third kappa shape index (κ3) is 6.25. The number of hydrogen-bond acceptors (Lipinski definition) is 3. The van der Waals surface area contributed by atoms with Crippen LogP contribution in [0.15, 0.2) is 11.6 Å². The zero-order valence-corrected chi connectivity index (χ0v) is 9.20. The van der Waals surface area contributed by atoms with Crippen LogP contribution in [0.25, 0.3) is 0 Å². The van der Waals surface area contributed by atoms with Crippen LogP contribution < -0.4 is 5.73 Å². The first kappa shape index (κ1) is 12.2. The minimum atomic E-state index is -0.336. The van der Waals surface area contributed by atoms with Crippen molar-refractivity contribution in [2.24, 2.45) is 5.73 Å². The van der Waals surface area contributed by atoms with Gasteiger partial charge in [-0.25, -0.2) is 0 Å². The van der Waals surface area contributed by atoms with Gasteiger partial charge in [0.2, 0.25) is 5.91 Å². The second-order valence-electron chi connectivity index (χ2n) is 3.78. The van der Waals surface area contributed by atoms with Gasteiger partial charge in [0.05, 0.1) is 13.2 Å². The molecule has 0 saturated carbocycles. The molecule has 86 valence electrons. The van der Waals surface area contributed by atoms with E-state index < -0.39 is 0 Å². The lowest BCUT2D eigenvalue weighted by atomic mass is 10.2. The zero-order chi connectivity index (χ0) is 11.1. The maximum absolute atomic E-state index is 10.7. The SMILES string of the molecule is CC(=CCCCCOCC1CO1)C(N)=O. The molecule has 0 aromatic carbocycles. The molecule has 1 aliphatic heterocycles. The highest BCUT2D eigenvalue weighted by Gasteiger charge is 2.21. The number of ether oxygens (including phenoxy) is 2. The van der Waals surface area contributed by atoms with E-state index >= 15 is 0 Å². The molecule has 1 fully saturated rings. The van der Waals surface area contributed by atoms with Gasteiger partial charge in [-0.1, -0.05) is 6.08 Å². The fourth-order valence-electron chi connectivity index (χ4n) is 1.15. The van der Waals surface area contributed by atoms with Crippen LogP contribution in [-0.4, -0.2) is 31.8 Å². The van der Waals surface area contributed by atoms with Gasteiger partial charge in [0.1, 0.15) is 6.10 Å². The number of amides is 1. The van der Waals surface area contributed by atoms with Gasteiger partial charge in [-0.3, -0.25) is 4.79 Å². The normalized spacial score (nSPS) is 20.3. The zero-order valence-electron chi connectivity index (χ0n) is 9.20. The van der Waals surface area contributed by atoms with E-state index in [4.69, 9.17) is 15.2 Å². The van der Waals surface area contributed by atoms with Crippen molar-refractivity contribution in [2.75, 3.05) is 19.8 Å². The van der Waals surface area contributed by atoms with Gasteiger partial charge in [0.25, 0.3) is 0 Å². The second-order valence-corrected chi connectivity index (χ2v) is 3.78. The second kappa shape index (κ2) is 6.58. The standard InChI is InChI=1S/C11H19NO3/c1-9(11(12)13)5-3-2-4-6-14-7-10-8-15-10/h5,10H,2-4,6-8H2,1H3,(H2,12,13). The van der Waals surface area contributed by atoms with Crippen molar-refractivity contribution < 1.29 is 14.3 Å². The molecule has 0 aromatic heterocycles. The molecule has 1 saturated heterocycles. The van der Waals surface area contributed by atoms with Crippen molar-refractivity contribution in [3.05, 3.63) is 11.6 Å². The summed E-state index contributed by atoms with van der Waals surface area (Å²) in [6.07, 6.45) is 5.15. The molecule has 4 nitrogen and oxygen atoms in total. The van der Waals surface area contributed by atoms with E-state index in [1.807, 2.05) is 6.08 Å². The van der Waals surface area contributed by atoms with Gasteiger partial charge in [-0.05, 0) is 26.2 Å². The number of hydrogen-bond donors (Lipinski definition) is 1. The number of unbranched alkanes of at least 4 members (excludes halogenated alkanes) is 2.